The van der Waals surface area contributed by atoms with E-state index < -0.39 is 28.9 Å². The third-order valence-electron chi connectivity index (χ3n) is 4.25. The molecule has 1 aliphatic carbocycles. The van der Waals surface area contributed by atoms with Crippen LogP contribution in [0.5, 0.6) is 5.75 Å². The lowest BCUT2D eigenvalue weighted by molar-refractivity contribution is -0.384. The largest absolute Gasteiger partial charge is 0.496 e. The molecule has 1 aliphatic rings. The molecule has 2 rings (SSSR count). The molecule has 0 heterocycles. The maximum atomic E-state index is 12.2. The van der Waals surface area contributed by atoms with Crippen molar-refractivity contribution in [1.82, 2.24) is 5.32 Å². The number of nitrogens with zero attached hydrogens (tertiary/aromatic N) is 2. The SMILES string of the molecule is COc1ccc([N+](=O)[O-])cc1C(=O)OCC(=O)NC1(C#N)CCCCC1. The zero-order valence-electron chi connectivity index (χ0n) is 14.3. The number of carbonyl (C=O) groups excluding carboxylic acids is 2. The molecule has 26 heavy (non-hydrogen) atoms. The van der Waals surface area contributed by atoms with Crippen molar-refractivity contribution in [3.8, 4) is 11.8 Å². The molecular formula is C17H19N3O6. The van der Waals surface area contributed by atoms with E-state index in [4.69, 9.17) is 9.47 Å². The molecule has 1 fully saturated rings. The van der Waals surface area contributed by atoms with E-state index in [1.54, 1.807) is 0 Å². The van der Waals surface area contributed by atoms with Crippen LogP contribution in [0.3, 0.4) is 0 Å². The summed E-state index contributed by atoms with van der Waals surface area (Å²) in [6.07, 6.45) is 3.82. The molecular weight excluding hydrogens is 342 g/mol. The zero-order valence-corrected chi connectivity index (χ0v) is 14.3. The third kappa shape index (κ3) is 4.47. The molecule has 138 valence electrons. The van der Waals surface area contributed by atoms with Gasteiger partial charge in [0.25, 0.3) is 11.6 Å². The number of nitro groups is 1. The molecule has 9 nitrogen and oxygen atoms in total. The molecule has 1 aromatic carbocycles. The molecule has 0 atom stereocenters. The second-order valence-corrected chi connectivity index (χ2v) is 6.02. The van der Waals surface area contributed by atoms with Gasteiger partial charge in [-0.2, -0.15) is 5.26 Å². The average Bonchev–Trinajstić information content (AvgIpc) is 2.66. The Kier molecular flexibility index (Phi) is 6.11. The number of esters is 1. The van der Waals surface area contributed by atoms with Crippen LogP contribution in [-0.2, 0) is 9.53 Å². The summed E-state index contributed by atoms with van der Waals surface area (Å²) in [5.74, 6) is -1.41. The van der Waals surface area contributed by atoms with E-state index >= 15 is 0 Å². The first-order valence-corrected chi connectivity index (χ1v) is 8.12. The fourth-order valence-electron chi connectivity index (χ4n) is 2.90. The molecule has 9 heteroatoms. The summed E-state index contributed by atoms with van der Waals surface area (Å²) in [4.78, 5) is 34.4. The topological polar surface area (TPSA) is 132 Å². The number of nitrogens with one attached hydrogen (secondary N) is 1. The normalized spacial score (nSPS) is 15.4. The van der Waals surface area contributed by atoms with Gasteiger partial charge in [-0.15, -0.1) is 0 Å². The maximum absolute atomic E-state index is 12.2. The number of nitro benzene ring substituents is 1. The number of ether oxygens (including phenoxy) is 2. The van der Waals surface area contributed by atoms with Gasteiger partial charge < -0.3 is 14.8 Å². The Balaban J connectivity index is 2.02. The molecule has 1 N–H and O–H groups in total. The van der Waals surface area contributed by atoms with Crippen molar-refractivity contribution < 1.29 is 24.0 Å². The lowest BCUT2D eigenvalue weighted by atomic mass is 9.83. The third-order valence-corrected chi connectivity index (χ3v) is 4.25. The molecule has 1 aromatic rings. The highest BCUT2D eigenvalue weighted by Crippen LogP contribution is 2.27. The Bertz CT molecular complexity index is 749. The molecule has 0 aliphatic heterocycles. The first kappa shape index (κ1) is 19.2. The van der Waals surface area contributed by atoms with E-state index in [0.717, 1.165) is 25.3 Å². The van der Waals surface area contributed by atoms with Crippen LogP contribution >= 0.6 is 0 Å². The van der Waals surface area contributed by atoms with Gasteiger partial charge in [-0.1, -0.05) is 19.3 Å². The number of rotatable bonds is 6. The fourth-order valence-corrected chi connectivity index (χ4v) is 2.90. The number of amides is 1. The number of benzene rings is 1. The highest BCUT2D eigenvalue weighted by molar-refractivity contribution is 5.94. The molecule has 1 saturated carbocycles. The molecule has 0 spiro atoms. The van der Waals surface area contributed by atoms with Gasteiger partial charge in [0, 0.05) is 12.1 Å². The van der Waals surface area contributed by atoms with Crippen LogP contribution in [0, 0.1) is 21.4 Å². The van der Waals surface area contributed by atoms with Crippen LogP contribution in [0.25, 0.3) is 0 Å². The molecule has 0 unspecified atom stereocenters. The second kappa shape index (κ2) is 8.29. The Morgan fingerprint density at radius 2 is 2.04 bits per heavy atom. The van der Waals surface area contributed by atoms with Crippen molar-refractivity contribution in [2.24, 2.45) is 0 Å². The van der Waals surface area contributed by atoms with Crippen LogP contribution in [0.4, 0.5) is 5.69 Å². The van der Waals surface area contributed by atoms with E-state index in [1.807, 2.05) is 0 Å². The summed E-state index contributed by atoms with van der Waals surface area (Å²) in [5, 5.41) is 22.8. The lowest BCUT2D eigenvalue weighted by Crippen LogP contribution is -2.50. The Hall–Kier alpha value is -3.15. The number of methoxy groups -OCH3 is 1. The highest BCUT2D eigenvalue weighted by Gasteiger charge is 2.33. The minimum absolute atomic E-state index is 0.0989. The van der Waals surface area contributed by atoms with Crippen LogP contribution in [0.2, 0.25) is 0 Å². The van der Waals surface area contributed by atoms with E-state index in [9.17, 15) is 25.0 Å². The van der Waals surface area contributed by atoms with E-state index in [0.29, 0.717) is 12.8 Å². The van der Waals surface area contributed by atoms with Crippen molar-refractivity contribution in [3.63, 3.8) is 0 Å². The summed E-state index contributed by atoms with van der Waals surface area (Å²) >= 11 is 0. The van der Waals surface area contributed by atoms with Crippen LogP contribution in [0.15, 0.2) is 18.2 Å². The van der Waals surface area contributed by atoms with Gasteiger partial charge in [-0.3, -0.25) is 14.9 Å². The number of hydrogen-bond donors (Lipinski definition) is 1. The highest BCUT2D eigenvalue weighted by atomic mass is 16.6. The van der Waals surface area contributed by atoms with Gasteiger partial charge >= 0.3 is 5.97 Å². The number of nitriles is 1. The van der Waals surface area contributed by atoms with Crippen molar-refractivity contribution >= 4 is 17.6 Å². The van der Waals surface area contributed by atoms with Crippen molar-refractivity contribution in [2.75, 3.05) is 13.7 Å². The van der Waals surface area contributed by atoms with Gasteiger partial charge in [0.15, 0.2) is 6.61 Å². The Morgan fingerprint density at radius 1 is 1.35 bits per heavy atom. The second-order valence-electron chi connectivity index (χ2n) is 6.02. The molecule has 1 amide bonds. The zero-order chi connectivity index (χ0) is 19.2. The Morgan fingerprint density at radius 3 is 2.62 bits per heavy atom. The van der Waals surface area contributed by atoms with Gasteiger partial charge in [0.2, 0.25) is 0 Å². The lowest BCUT2D eigenvalue weighted by Gasteiger charge is -2.31. The minimum Gasteiger partial charge on any atom is -0.496 e. The van der Waals surface area contributed by atoms with Gasteiger partial charge in [0.05, 0.1) is 18.1 Å². The van der Waals surface area contributed by atoms with E-state index in [-0.39, 0.29) is 17.0 Å². The smallest absolute Gasteiger partial charge is 0.342 e. The fraction of sp³-hybridized carbons (Fsp3) is 0.471. The van der Waals surface area contributed by atoms with Gasteiger partial charge in [-0.25, -0.2) is 4.79 Å². The van der Waals surface area contributed by atoms with E-state index in [2.05, 4.69) is 11.4 Å². The average molecular weight is 361 g/mol. The molecule has 0 bridgehead atoms. The van der Waals surface area contributed by atoms with Crippen LogP contribution < -0.4 is 10.1 Å². The maximum Gasteiger partial charge on any atom is 0.342 e. The predicted molar refractivity (Wildman–Crippen MR) is 89.5 cm³/mol. The summed E-state index contributed by atoms with van der Waals surface area (Å²) in [6.45, 7) is -0.589. The summed E-state index contributed by atoms with van der Waals surface area (Å²) in [6, 6.07) is 5.64. The molecule has 0 aromatic heterocycles. The number of hydrogen-bond acceptors (Lipinski definition) is 7. The first-order valence-electron chi connectivity index (χ1n) is 8.12. The van der Waals surface area contributed by atoms with Gasteiger partial charge in [-0.05, 0) is 18.9 Å². The summed E-state index contributed by atoms with van der Waals surface area (Å²) in [5.41, 5.74) is -1.37. The minimum atomic E-state index is -0.926. The van der Waals surface area contributed by atoms with Crippen molar-refractivity contribution in [2.45, 2.75) is 37.6 Å². The number of carbonyl (C=O) groups is 2. The molecule has 0 radical (unpaired) electrons. The standard InChI is InChI=1S/C17H19N3O6/c1-25-14-6-5-12(20(23)24)9-13(14)16(22)26-10-15(21)19-17(11-18)7-3-2-4-8-17/h5-6,9H,2-4,7-8,10H2,1H3,(H,19,21). The first-order chi connectivity index (χ1) is 12.4. The van der Waals surface area contributed by atoms with Crippen LogP contribution in [-0.4, -0.2) is 36.1 Å². The number of non-ortho nitro benzene ring substituents is 1. The van der Waals surface area contributed by atoms with Crippen LogP contribution in [0.1, 0.15) is 42.5 Å². The van der Waals surface area contributed by atoms with Crippen molar-refractivity contribution in [3.05, 3.63) is 33.9 Å². The summed E-state index contributed by atoms with van der Waals surface area (Å²) in [7, 11) is 1.31. The Labute approximate surface area is 150 Å². The van der Waals surface area contributed by atoms with Crippen molar-refractivity contribution in [1.29, 1.82) is 5.26 Å². The van der Waals surface area contributed by atoms with E-state index in [1.165, 1.54) is 19.2 Å². The monoisotopic (exact) mass is 361 g/mol. The summed E-state index contributed by atoms with van der Waals surface area (Å²) < 4.78 is 9.93. The molecule has 0 saturated heterocycles. The quantitative estimate of drug-likeness (QED) is 0.466. The predicted octanol–water partition coefficient (Wildman–Crippen LogP) is 2.10. The van der Waals surface area contributed by atoms with Gasteiger partial charge in [0.1, 0.15) is 16.9 Å².